The molecule has 0 bridgehead atoms. The van der Waals surface area contributed by atoms with E-state index in [-0.39, 0.29) is 12.0 Å². The molecule has 0 aliphatic heterocycles. The molecule has 0 aromatic carbocycles. The summed E-state index contributed by atoms with van der Waals surface area (Å²) in [5.41, 5.74) is 1.02. The van der Waals surface area contributed by atoms with Gasteiger partial charge in [0.15, 0.2) is 0 Å². The minimum Gasteiger partial charge on any atom is -0.481 e. The maximum Gasteiger partial charge on any atom is 0.217 e. The molecule has 0 amide bonds. The molecule has 1 rings (SSSR count). The van der Waals surface area contributed by atoms with Crippen LogP contribution in [0.25, 0.3) is 0 Å². The van der Waals surface area contributed by atoms with Crippen LogP contribution in [0.5, 0.6) is 5.88 Å². The third-order valence-electron chi connectivity index (χ3n) is 3.69. The summed E-state index contributed by atoms with van der Waals surface area (Å²) >= 11 is 0. The Labute approximate surface area is 109 Å². The lowest BCUT2D eigenvalue weighted by molar-refractivity contribution is 0.113. The van der Waals surface area contributed by atoms with E-state index >= 15 is 0 Å². The van der Waals surface area contributed by atoms with Crippen molar-refractivity contribution in [2.75, 3.05) is 20.3 Å². The van der Waals surface area contributed by atoms with Gasteiger partial charge >= 0.3 is 0 Å². The molecule has 0 fully saturated rings. The van der Waals surface area contributed by atoms with Crippen LogP contribution in [-0.4, -0.2) is 30.4 Å². The molecule has 4 heteroatoms. The molecule has 0 aliphatic rings. The number of pyridine rings is 1. The molecule has 0 atom stereocenters. The van der Waals surface area contributed by atoms with Gasteiger partial charge in [0.05, 0.1) is 7.11 Å². The van der Waals surface area contributed by atoms with Crippen molar-refractivity contribution in [1.29, 1.82) is 0 Å². The standard InChI is InChI=1S/C14H24N2O2/c1-4-14(5-2,11-17)10-15-9-12-7-6-8-16-13(12)18-3/h6-8,15,17H,4-5,9-11H2,1-3H3. The summed E-state index contributed by atoms with van der Waals surface area (Å²) in [6.07, 6.45) is 3.66. The van der Waals surface area contributed by atoms with Crippen LogP contribution >= 0.6 is 0 Å². The molecule has 18 heavy (non-hydrogen) atoms. The van der Waals surface area contributed by atoms with Crippen molar-refractivity contribution in [2.45, 2.75) is 33.2 Å². The van der Waals surface area contributed by atoms with Gasteiger partial charge in [-0.1, -0.05) is 19.9 Å². The molecule has 0 unspecified atom stereocenters. The molecule has 1 aromatic heterocycles. The summed E-state index contributed by atoms with van der Waals surface area (Å²) in [5, 5.41) is 12.9. The first-order valence-electron chi connectivity index (χ1n) is 6.50. The quantitative estimate of drug-likeness (QED) is 0.743. The lowest BCUT2D eigenvalue weighted by atomic mass is 9.83. The number of methoxy groups -OCH3 is 1. The van der Waals surface area contributed by atoms with E-state index in [0.717, 1.165) is 24.9 Å². The number of aliphatic hydroxyl groups is 1. The molecule has 1 aromatic rings. The van der Waals surface area contributed by atoms with Crippen molar-refractivity contribution >= 4 is 0 Å². The molecule has 0 spiro atoms. The third-order valence-corrected chi connectivity index (χ3v) is 3.69. The number of ether oxygens (including phenoxy) is 1. The van der Waals surface area contributed by atoms with E-state index < -0.39 is 0 Å². The molecule has 0 saturated carbocycles. The van der Waals surface area contributed by atoms with Gasteiger partial charge in [0.25, 0.3) is 0 Å². The minimum absolute atomic E-state index is 0.0184. The second-order valence-corrected chi connectivity index (χ2v) is 4.64. The molecule has 0 radical (unpaired) electrons. The van der Waals surface area contributed by atoms with E-state index in [1.54, 1.807) is 13.3 Å². The maximum absolute atomic E-state index is 9.50. The minimum atomic E-state index is -0.0184. The van der Waals surface area contributed by atoms with E-state index in [9.17, 15) is 5.11 Å². The van der Waals surface area contributed by atoms with Gasteiger partial charge in [-0.3, -0.25) is 0 Å². The molecule has 1 heterocycles. The normalized spacial score (nSPS) is 11.6. The van der Waals surface area contributed by atoms with E-state index in [4.69, 9.17) is 4.74 Å². The highest BCUT2D eigenvalue weighted by Crippen LogP contribution is 2.24. The van der Waals surface area contributed by atoms with Crippen molar-refractivity contribution in [1.82, 2.24) is 10.3 Å². The largest absolute Gasteiger partial charge is 0.481 e. The molecule has 2 N–H and O–H groups in total. The van der Waals surface area contributed by atoms with Gasteiger partial charge in [0.1, 0.15) is 0 Å². The summed E-state index contributed by atoms with van der Waals surface area (Å²) in [7, 11) is 1.63. The number of nitrogens with one attached hydrogen (secondary N) is 1. The van der Waals surface area contributed by atoms with Crippen molar-refractivity contribution < 1.29 is 9.84 Å². The average Bonchev–Trinajstić information content (AvgIpc) is 2.44. The van der Waals surface area contributed by atoms with Gasteiger partial charge in [0.2, 0.25) is 5.88 Å². The fourth-order valence-corrected chi connectivity index (χ4v) is 1.98. The van der Waals surface area contributed by atoms with E-state index in [1.165, 1.54) is 0 Å². The first-order valence-corrected chi connectivity index (χ1v) is 6.50. The SMILES string of the molecule is CCC(CC)(CO)CNCc1cccnc1OC. The Balaban J connectivity index is 2.55. The summed E-state index contributed by atoms with van der Waals surface area (Å²) in [4.78, 5) is 4.16. The second-order valence-electron chi connectivity index (χ2n) is 4.64. The van der Waals surface area contributed by atoms with Gasteiger partial charge < -0.3 is 15.2 Å². The van der Waals surface area contributed by atoms with Gasteiger partial charge in [-0.15, -0.1) is 0 Å². The molecule has 102 valence electrons. The van der Waals surface area contributed by atoms with Gasteiger partial charge in [0, 0.05) is 36.9 Å². The van der Waals surface area contributed by atoms with Crippen LogP contribution in [0.15, 0.2) is 18.3 Å². The van der Waals surface area contributed by atoms with Gasteiger partial charge in [-0.25, -0.2) is 4.98 Å². The summed E-state index contributed by atoms with van der Waals surface area (Å²) < 4.78 is 5.21. The Morgan fingerprint density at radius 3 is 2.67 bits per heavy atom. The van der Waals surface area contributed by atoms with Crippen molar-refractivity contribution in [3.63, 3.8) is 0 Å². The highest BCUT2D eigenvalue weighted by molar-refractivity contribution is 5.24. The van der Waals surface area contributed by atoms with Crippen LogP contribution in [-0.2, 0) is 6.54 Å². The molecule has 4 nitrogen and oxygen atoms in total. The van der Waals surface area contributed by atoms with Gasteiger partial charge in [-0.05, 0) is 18.9 Å². The Kier molecular flexibility index (Phi) is 6.09. The number of rotatable bonds is 8. The van der Waals surface area contributed by atoms with Crippen molar-refractivity contribution in [3.05, 3.63) is 23.9 Å². The van der Waals surface area contributed by atoms with E-state index in [2.05, 4.69) is 24.1 Å². The first-order chi connectivity index (χ1) is 8.71. The zero-order chi connectivity index (χ0) is 13.4. The zero-order valence-electron chi connectivity index (χ0n) is 11.6. The van der Waals surface area contributed by atoms with Crippen LogP contribution in [0.3, 0.4) is 0 Å². The van der Waals surface area contributed by atoms with E-state index in [1.807, 2.05) is 12.1 Å². The molecular formula is C14H24N2O2. The number of hydrogen-bond donors (Lipinski definition) is 2. The summed E-state index contributed by atoms with van der Waals surface area (Å²) in [6.45, 7) is 5.96. The fraction of sp³-hybridized carbons (Fsp3) is 0.643. The topological polar surface area (TPSA) is 54.4 Å². The Morgan fingerprint density at radius 1 is 1.39 bits per heavy atom. The zero-order valence-corrected chi connectivity index (χ0v) is 11.6. The summed E-state index contributed by atoms with van der Waals surface area (Å²) in [5.74, 6) is 0.660. The average molecular weight is 252 g/mol. The van der Waals surface area contributed by atoms with Gasteiger partial charge in [-0.2, -0.15) is 0 Å². The number of aromatic nitrogens is 1. The Hall–Kier alpha value is -1.13. The van der Waals surface area contributed by atoms with Crippen molar-refractivity contribution in [2.24, 2.45) is 5.41 Å². The number of nitrogens with zero attached hydrogens (tertiary/aromatic N) is 1. The molecular weight excluding hydrogens is 228 g/mol. The fourth-order valence-electron chi connectivity index (χ4n) is 1.98. The van der Waals surface area contributed by atoms with E-state index in [0.29, 0.717) is 12.4 Å². The number of hydrogen-bond acceptors (Lipinski definition) is 4. The lowest BCUT2D eigenvalue weighted by Crippen LogP contribution is -2.36. The maximum atomic E-state index is 9.50. The third kappa shape index (κ3) is 3.68. The van der Waals surface area contributed by atoms with Crippen LogP contribution in [0.4, 0.5) is 0 Å². The predicted molar refractivity (Wildman–Crippen MR) is 72.6 cm³/mol. The second kappa shape index (κ2) is 7.34. The highest BCUT2D eigenvalue weighted by Gasteiger charge is 2.24. The van der Waals surface area contributed by atoms with Crippen LogP contribution in [0, 0.1) is 5.41 Å². The van der Waals surface area contributed by atoms with Crippen LogP contribution in [0.1, 0.15) is 32.3 Å². The monoisotopic (exact) mass is 252 g/mol. The van der Waals surface area contributed by atoms with Crippen LogP contribution < -0.4 is 10.1 Å². The Morgan fingerprint density at radius 2 is 2.11 bits per heavy atom. The molecule has 0 aliphatic carbocycles. The first kappa shape index (κ1) is 14.9. The predicted octanol–water partition coefficient (Wildman–Crippen LogP) is 1.98. The Bertz CT molecular complexity index is 343. The smallest absolute Gasteiger partial charge is 0.217 e. The molecule has 0 saturated heterocycles. The van der Waals surface area contributed by atoms with Crippen LogP contribution in [0.2, 0.25) is 0 Å². The lowest BCUT2D eigenvalue weighted by Gasteiger charge is -2.29. The van der Waals surface area contributed by atoms with Crippen molar-refractivity contribution in [3.8, 4) is 5.88 Å². The summed E-state index contributed by atoms with van der Waals surface area (Å²) in [6, 6.07) is 3.90. The number of aliphatic hydroxyl groups excluding tert-OH is 1. The highest BCUT2D eigenvalue weighted by atomic mass is 16.5.